The third kappa shape index (κ3) is 6.89. The zero-order valence-corrected chi connectivity index (χ0v) is 23.5. The maximum Gasteiger partial charge on any atom is 0.259 e. The number of fused-ring (bicyclic) bond motifs is 1. The molecule has 2 amide bonds. The van der Waals surface area contributed by atoms with Crippen molar-refractivity contribution in [2.24, 2.45) is 0 Å². The summed E-state index contributed by atoms with van der Waals surface area (Å²) in [6.07, 6.45) is 1.80. The second kappa shape index (κ2) is 13.0. The minimum Gasteiger partial charge on any atom is -0.497 e. The van der Waals surface area contributed by atoms with Crippen LogP contribution in [0.5, 0.6) is 11.5 Å². The van der Waals surface area contributed by atoms with Gasteiger partial charge in [0.25, 0.3) is 11.8 Å². The van der Waals surface area contributed by atoms with Gasteiger partial charge in [0.2, 0.25) is 0 Å². The number of aromatic nitrogens is 2. The van der Waals surface area contributed by atoms with Gasteiger partial charge in [-0.3, -0.25) is 14.0 Å². The van der Waals surface area contributed by atoms with E-state index in [0.717, 1.165) is 28.5 Å². The number of imidazole rings is 1. The molecule has 1 N–H and O–H groups in total. The van der Waals surface area contributed by atoms with Gasteiger partial charge in [-0.15, -0.1) is 0 Å². The van der Waals surface area contributed by atoms with E-state index in [1.54, 1.807) is 64.8 Å². The summed E-state index contributed by atoms with van der Waals surface area (Å²) >= 11 is 0. The molecule has 4 aromatic rings. The normalized spacial score (nSPS) is 10.8. The first-order valence-electron chi connectivity index (χ1n) is 12.9. The van der Waals surface area contributed by atoms with E-state index in [1.807, 2.05) is 41.7 Å². The van der Waals surface area contributed by atoms with Crippen molar-refractivity contribution in [3.63, 3.8) is 0 Å². The van der Waals surface area contributed by atoms with Crippen LogP contribution in [0.3, 0.4) is 0 Å². The zero-order valence-electron chi connectivity index (χ0n) is 23.5. The molecular weight excluding hydrogens is 510 g/mol. The topological polar surface area (TPSA) is 97.6 Å². The summed E-state index contributed by atoms with van der Waals surface area (Å²) in [5.74, 6) is 1.75. The van der Waals surface area contributed by atoms with Gasteiger partial charge >= 0.3 is 0 Å². The number of hydrogen-bond acceptors (Lipinski definition) is 7. The van der Waals surface area contributed by atoms with Crippen molar-refractivity contribution in [2.45, 2.75) is 13.5 Å². The van der Waals surface area contributed by atoms with Crippen molar-refractivity contribution in [2.75, 3.05) is 58.3 Å². The standard InChI is InChI=1S/C30H35N5O5/c1-21-30(34(15-16-38-4)18-22-9-12-25(39-5)13-10-22)35-19-23(11-14-27(35)31-21)29(37)32-24-7-6-8-26(17-24)40-20-28(36)33(2)3/h6-14,17,19H,15-16,18,20H2,1-5H3,(H,32,37). The fourth-order valence-corrected chi connectivity index (χ4v) is 4.22. The molecule has 2 aromatic carbocycles. The average molecular weight is 546 g/mol. The van der Waals surface area contributed by atoms with Crippen LogP contribution in [-0.2, 0) is 16.1 Å². The molecule has 10 nitrogen and oxygen atoms in total. The second-order valence-corrected chi connectivity index (χ2v) is 9.49. The van der Waals surface area contributed by atoms with E-state index in [2.05, 4.69) is 10.2 Å². The molecule has 0 fully saturated rings. The highest BCUT2D eigenvalue weighted by Gasteiger charge is 2.19. The van der Waals surface area contributed by atoms with Crippen molar-refractivity contribution in [3.8, 4) is 11.5 Å². The summed E-state index contributed by atoms with van der Waals surface area (Å²) < 4.78 is 18.2. The van der Waals surface area contributed by atoms with Gasteiger partial charge in [0.05, 0.1) is 25.0 Å². The second-order valence-electron chi connectivity index (χ2n) is 9.49. The Morgan fingerprint density at radius 2 is 1.77 bits per heavy atom. The first kappa shape index (κ1) is 28.4. The number of nitrogens with zero attached hydrogens (tertiary/aromatic N) is 4. The smallest absolute Gasteiger partial charge is 0.259 e. The van der Waals surface area contributed by atoms with Crippen LogP contribution in [0.4, 0.5) is 11.5 Å². The molecule has 4 rings (SSSR count). The Kier molecular flexibility index (Phi) is 9.23. The Morgan fingerprint density at radius 1 is 1.00 bits per heavy atom. The maximum atomic E-state index is 13.2. The molecule has 0 aliphatic carbocycles. The number of aryl methyl sites for hydroxylation is 1. The number of carbonyl (C=O) groups excluding carboxylic acids is 2. The molecule has 0 bridgehead atoms. The summed E-state index contributed by atoms with van der Waals surface area (Å²) in [7, 11) is 6.66. The van der Waals surface area contributed by atoms with Crippen LogP contribution < -0.4 is 19.7 Å². The average Bonchev–Trinajstić information content (AvgIpc) is 3.29. The zero-order chi connectivity index (χ0) is 28.6. The molecule has 0 aliphatic heterocycles. The van der Waals surface area contributed by atoms with Crippen LogP contribution in [-0.4, -0.2) is 74.2 Å². The van der Waals surface area contributed by atoms with Crippen LogP contribution in [0.2, 0.25) is 0 Å². The first-order chi connectivity index (χ1) is 19.3. The molecule has 0 radical (unpaired) electrons. The highest BCUT2D eigenvalue weighted by Crippen LogP contribution is 2.26. The predicted molar refractivity (Wildman–Crippen MR) is 154 cm³/mol. The molecule has 0 saturated carbocycles. The Hall–Kier alpha value is -4.57. The Labute approximate surface area is 234 Å². The SMILES string of the molecule is COCCN(Cc1ccc(OC)cc1)c1c(C)nc2ccc(C(=O)Nc3cccc(OCC(=O)N(C)C)c3)cn12. The van der Waals surface area contributed by atoms with Gasteiger partial charge in [-0.1, -0.05) is 18.2 Å². The number of benzene rings is 2. The van der Waals surface area contributed by atoms with Crippen LogP contribution in [0.25, 0.3) is 5.65 Å². The molecule has 0 unspecified atom stereocenters. The number of carbonyl (C=O) groups is 2. The van der Waals surface area contributed by atoms with Gasteiger partial charge in [0, 0.05) is 52.2 Å². The van der Waals surface area contributed by atoms with Crippen molar-refractivity contribution in [1.29, 1.82) is 0 Å². The Morgan fingerprint density at radius 3 is 2.48 bits per heavy atom. The number of methoxy groups -OCH3 is 2. The summed E-state index contributed by atoms with van der Waals surface area (Å²) in [5, 5.41) is 2.92. The molecule has 10 heteroatoms. The molecule has 0 spiro atoms. The number of amides is 2. The molecule has 0 saturated heterocycles. The number of rotatable bonds is 12. The van der Waals surface area contributed by atoms with Crippen molar-refractivity contribution in [3.05, 3.63) is 83.7 Å². The lowest BCUT2D eigenvalue weighted by Gasteiger charge is -2.25. The van der Waals surface area contributed by atoms with Crippen LogP contribution in [0, 0.1) is 6.92 Å². The molecule has 40 heavy (non-hydrogen) atoms. The summed E-state index contributed by atoms with van der Waals surface area (Å²) in [6.45, 7) is 3.67. The number of pyridine rings is 1. The third-order valence-corrected chi connectivity index (χ3v) is 6.37. The fraction of sp³-hybridized carbons (Fsp3) is 0.300. The van der Waals surface area contributed by atoms with E-state index in [-0.39, 0.29) is 18.4 Å². The number of anilines is 2. The number of likely N-dealkylation sites (N-methyl/N-ethyl adjacent to an activating group) is 1. The lowest BCUT2D eigenvalue weighted by molar-refractivity contribution is -0.130. The molecular formula is C30H35N5O5. The van der Waals surface area contributed by atoms with E-state index >= 15 is 0 Å². The number of hydrogen-bond donors (Lipinski definition) is 1. The van der Waals surface area contributed by atoms with Gasteiger partial charge < -0.3 is 29.3 Å². The monoisotopic (exact) mass is 545 g/mol. The third-order valence-electron chi connectivity index (χ3n) is 6.37. The number of nitrogens with one attached hydrogen (secondary N) is 1. The van der Waals surface area contributed by atoms with E-state index in [4.69, 9.17) is 19.2 Å². The summed E-state index contributed by atoms with van der Waals surface area (Å²) in [4.78, 5) is 33.5. The van der Waals surface area contributed by atoms with Gasteiger partial charge in [-0.05, 0) is 48.9 Å². The van der Waals surface area contributed by atoms with E-state index in [9.17, 15) is 9.59 Å². The highest BCUT2D eigenvalue weighted by atomic mass is 16.5. The minimum atomic E-state index is -0.278. The van der Waals surface area contributed by atoms with E-state index in [1.165, 1.54) is 4.90 Å². The Bertz CT molecular complexity index is 1470. The van der Waals surface area contributed by atoms with E-state index in [0.29, 0.717) is 36.7 Å². The highest BCUT2D eigenvalue weighted by molar-refractivity contribution is 6.04. The fourth-order valence-electron chi connectivity index (χ4n) is 4.22. The first-order valence-corrected chi connectivity index (χ1v) is 12.9. The summed E-state index contributed by atoms with van der Waals surface area (Å²) in [5.41, 5.74) is 3.72. The van der Waals surface area contributed by atoms with Crippen LogP contribution >= 0.6 is 0 Å². The van der Waals surface area contributed by atoms with Crippen molar-refractivity contribution in [1.82, 2.24) is 14.3 Å². The Balaban J connectivity index is 1.57. The minimum absolute atomic E-state index is 0.0834. The molecule has 2 heterocycles. The molecule has 0 aliphatic rings. The van der Waals surface area contributed by atoms with Crippen LogP contribution in [0.1, 0.15) is 21.6 Å². The van der Waals surface area contributed by atoms with Gasteiger partial charge in [-0.25, -0.2) is 4.98 Å². The van der Waals surface area contributed by atoms with Gasteiger partial charge in [0.15, 0.2) is 6.61 Å². The largest absolute Gasteiger partial charge is 0.497 e. The van der Waals surface area contributed by atoms with Crippen LogP contribution in [0.15, 0.2) is 66.9 Å². The molecule has 210 valence electrons. The van der Waals surface area contributed by atoms with Gasteiger partial charge in [-0.2, -0.15) is 0 Å². The predicted octanol–water partition coefficient (Wildman–Crippen LogP) is 4.02. The van der Waals surface area contributed by atoms with Crippen molar-refractivity contribution < 1.29 is 23.8 Å². The molecule has 0 atom stereocenters. The van der Waals surface area contributed by atoms with E-state index < -0.39 is 0 Å². The number of ether oxygens (including phenoxy) is 3. The van der Waals surface area contributed by atoms with Crippen molar-refractivity contribution >= 4 is 29.0 Å². The lowest BCUT2D eigenvalue weighted by Crippen LogP contribution is -2.28. The summed E-state index contributed by atoms with van der Waals surface area (Å²) in [6, 6.07) is 18.5. The quantitative estimate of drug-likeness (QED) is 0.287. The molecule has 2 aromatic heterocycles. The lowest BCUT2D eigenvalue weighted by atomic mass is 10.2. The van der Waals surface area contributed by atoms with Gasteiger partial charge in [0.1, 0.15) is 23.0 Å². The maximum absolute atomic E-state index is 13.2.